The Morgan fingerprint density at radius 2 is 1.58 bits per heavy atom. The van der Waals surface area contributed by atoms with Gasteiger partial charge in [-0.15, -0.1) is 0 Å². The largest absolute Gasteiger partial charge is 0.433 e. The van der Waals surface area contributed by atoms with Gasteiger partial charge in [-0.25, -0.2) is 18.2 Å². The predicted molar refractivity (Wildman–Crippen MR) is 56.6 cm³/mol. The minimum atomic E-state index is -4.77. The van der Waals surface area contributed by atoms with Crippen LogP contribution >= 0.6 is 15.9 Å². The molecule has 2 rings (SSSR count). The molecule has 0 saturated heterocycles. The lowest BCUT2D eigenvalue weighted by molar-refractivity contribution is -0.141. The van der Waals surface area contributed by atoms with Crippen LogP contribution in [0, 0.1) is 17.5 Å². The first-order chi connectivity index (χ1) is 8.70. The van der Waals surface area contributed by atoms with E-state index < -0.39 is 45.3 Å². The molecule has 0 amide bonds. The van der Waals surface area contributed by atoms with E-state index in [1.165, 1.54) is 0 Å². The van der Waals surface area contributed by atoms with Crippen molar-refractivity contribution in [2.75, 3.05) is 0 Å². The minimum Gasteiger partial charge on any atom is -0.333 e. The first kappa shape index (κ1) is 13.9. The van der Waals surface area contributed by atoms with Crippen LogP contribution in [0.5, 0.6) is 0 Å². The molecule has 0 atom stereocenters. The number of aromatic amines is 1. The van der Waals surface area contributed by atoms with Gasteiger partial charge in [-0.05, 0) is 15.9 Å². The molecular formula is C10H3BrF6N2. The Labute approximate surface area is 110 Å². The Morgan fingerprint density at radius 1 is 1.05 bits per heavy atom. The quantitative estimate of drug-likeness (QED) is 0.768. The Morgan fingerprint density at radius 3 is 2.00 bits per heavy atom. The van der Waals surface area contributed by atoms with Crippen LogP contribution < -0.4 is 0 Å². The van der Waals surface area contributed by atoms with E-state index in [4.69, 9.17) is 0 Å². The summed E-state index contributed by atoms with van der Waals surface area (Å²) in [5.41, 5.74) is -2.15. The van der Waals surface area contributed by atoms with E-state index in [9.17, 15) is 26.3 Å². The van der Waals surface area contributed by atoms with Gasteiger partial charge in [0.2, 0.25) is 0 Å². The van der Waals surface area contributed by atoms with Gasteiger partial charge in [0.1, 0.15) is 27.9 Å². The van der Waals surface area contributed by atoms with Crippen LogP contribution in [0.25, 0.3) is 11.4 Å². The van der Waals surface area contributed by atoms with E-state index >= 15 is 0 Å². The number of H-pyrrole nitrogens is 1. The van der Waals surface area contributed by atoms with Crippen molar-refractivity contribution in [3.63, 3.8) is 0 Å². The average Bonchev–Trinajstić information content (AvgIpc) is 2.57. The molecule has 0 saturated carbocycles. The third-order valence-corrected chi connectivity index (χ3v) is 2.76. The average molecular weight is 345 g/mol. The van der Waals surface area contributed by atoms with Gasteiger partial charge in [-0.2, -0.15) is 13.2 Å². The molecule has 1 N–H and O–H groups in total. The number of hydrogen-bond donors (Lipinski definition) is 1. The molecule has 19 heavy (non-hydrogen) atoms. The van der Waals surface area contributed by atoms with Crippen LogP contribution in [-0.4, -0.2) is 9.97 Å². The molecule has 1 heterocycles. The third kappa shape index (κ3) is 2.60. The second-order valence-corrected chi connectivity index (χ2v) is 4.24. The van der Waals surface area contributed by atoms with Gasteiger partial charge in [-0.1, -0.05) is 0 Å². The normalized spacial score (nSPS) is 11.9. The zero-order valence-electron chi connectivity index (χ0n) is 8.75. The molecule has 102 valence electrons. The summed E-state index contributed by atoms with van der Waals surface area (Å²) < 4.78 is 76.3. The molecule has 1 aromatic heterocycles. The van der Waals surface area contributed by atoms with Crippen LogP contribution in [0.2, 0.25) is 0 Å². The smallest absolute Gasteiger partial charge is 0.333 e. The minimum absolute atomic E-state index is 0.349. The zero-order chi connectivity index (χ0) is 14.4. The number of aromatic nitrogens is 2. The van der Waals surface area contributed by atoms with Gasteiger partial charge >= 0.3 is 6.18 Å². The van der Waals surface area contributed by atoms with Gasteiger partial charge in [0.15, 0.2) is 5.69 Å². The Bertz CT molecular complexity index is 610. The molecule has 0 spiro atoms. The summed E-state index contributed by atoms with van der Waals surface area (Å²) in [5, 5.41) is 0. The molecule has 2 aromatic rings. The number of benzene rings is 1. The molecular weight excluding hydrogens is 342 g/mol. The van der Waals surface area contributed by atoms with E-state index in [2.05, 4.69) is 20.9 Å². The van der Waals surface area contributed by atoms with Gasteiger partial charge in [0.05, 0.1) is 5.56 Å². The first-order valence-corrected chi connectivity index (χ1v) is 5.47. The van der Waals surface area contributed by atoms with E-state index in [0.717, 1.165) is 0 Å². The zero-order valence-corrected chi connectivity index (χ0v) is 10.3. The number of alkyl halides is 3. The summed E-state index contributed by atoms with van der Waals surface area (Å²) in [6, 6.07) is 0.699. The van der Waals surface area contributed by atoms with Crippen molar-refractivity contribution in [1.29, 1.82) is 0 Å². The monoisotopic (exact) mass is 344 g/mol. The van der Waals surface area contributed by atoms with Crippen LogP contribution in [0.4, 0.5) is 26.3 Å². The van der Waals surface area contributed by atoms with Crippen molar-refractivity contribution in [3.05, 3.63) is 39.9 Å². The number of nitrogens with zero attached hydrogens (tertiary/aromatic N) is 1. The SMILES string of the molecule is Fc1cc(F)c(-c2nc(Br)c(C(F)(F)F)[nH]2)c(F)c1. The fourth-order valence-corrected chi connectivity index (χ4v) is 1.93. The summed E-state index contributed by atoms with van der Waals surface area (Å²) in [4.78, 5) is 5.09. The fourth-order valence-electron chi connectivity index (χ4n) is 1.43. The standard InChI is InChI=1S/C10H3BrF6N2/c11-8-7(10(15,16)17)18-9(19-8)6-4(13)1-3(12)2-5(6)14/h1-2H,(H,18,19). The second-order valence-electron chi connectivity index (χ2n) is 3.49. The summed E-state index contributed by atoms with van der Waals surface area (Å²) >= 11 is 2.53. The molecule has 0 aliphatic heterocycles. The Kier molecular flexibility index (Phi) is 3.33. The second kappa shape index (κ2) is 4.55. The lowest BCUT2D eigenvalue weighted by atomic mass is 10.2. The van der Waals surface area contributed by atoms with Crippen molar-refractivity contribution in [2.45, 2.75) is 6.18 Å². The molecule has 0 fully saturated rings. The summed E-state index contributed by atoms with van der Waals surface area (Å²) in [5.74, 6) is -4.57. The van der Waals surface area contributed by atoms with Crippen molar-refractivity contribution >= 4 is 15.9 Å². The summed E-state index contributed by atoms with van der Waals surface area (Å²) in [6.07, 6.45) is -4.77. The molecule has 0 aliphatic rings. The third-order valence-electron chi connectivity index (χ3n) is 2.19. The Hall–Kier alpha value is -1.51. The van der Waals surface area contributed by atoms with Gasteiger partial charge < -0.3 is 4.98 Å². The lowest BCUT2D eigenvalue weighted by Gasteiger charge is -2.03. The highest BCUT2D eigenvalue weighted by Crippen LogP contribution is 2.36. The van der Waals surface area contributed by atoms with E-state index in [1.807, 2.05) is 0 Å². The van der Waals surface area contributed by atoms with E-state index in [1.54, 1.807) is 4.98 Å². The topological polar surface area (TPSA) is 28.7 Å². The predicted octanol–water partition coefficient (Wildman–Crippen LogP) is 4.28. The number of halogens is 7. The molecule has 0 radical (unpaired) electrons. The van der Waals surface area contributed by atoms with Crippen molar-refractivity contribution < 1.29 is 26.3 Å². The highest BCUT2D eigenvalue weighted by atomic mass is 79.9. The van der Waals surface area contributed by atoms with Crippen LogP contribution in [0.1, 0.15) is 5.69 Å². The fraction of sp³-hybridized carbons (Fsp3) is 0.100. The van der Waals surface area contributed by atoms with Gasteiger partial charge in [0, 0.05) is 12.1 Å². The molecule has 0 bridgehead atoms. The lowest BCUT2D eigenvalue weighted by Crippen LogP contribution is -2.06. The van der Waals surface area contributed by atoms with Crippen molar-refractivity contribution in [1.82, 2.24) is 9.97 Å². The number of rotatable bonds is 1. The van der Waals surface area contributed by atoms with E-state index in [0.29, 0.717) is 12.1 Å². The molecule has 2 nitrogen and oxygen atoms in total. The number of nitrogens with one attached hydrogen (secondary N) is 1. The van der Waals surface area contributed by atoms with Crippen LogP contribution in [0.3, 0.4) is 0 Å². The number of imidazole rings is 1. The maximum absolute atomic E-state index is 13.4. The summed E-state index contributed by atoms with van der Waals surface area (Å²) in [6.45, 7) is 0. The first-order valence-electron chi connectivity index (χ1n) is 4.67. The van der Waals surface area contributed by atoms with E-state index in [-0.39, 0.29) is 0 Å². The number of hydrogen-bond acceptors (Lipinski definition) is 1. The molecule has 0 aliphatic carbocycles. The van der Waals surface area contributed by atoms with Gasteiger partial charge in [-0.3, -0.25) is 0 Å². The highest BCUT2D eigenvalue weighted by Gasteiger charge is 2.37. The maximum atomic E-state index is 13.4. The molecule has 9 heteroatoms. The van der Waals surface area contributed by atoms with Crippen LogP contribution in [-0.2, 0) is 6.18 Å². The molecule has 0 unspecified atom stereocenters. The summed E-state index contributed by atoms with van der Waals surface area (Å²) in [7, 11) is 0. The van der Waals surface area contributed by atoms with Crippen LogP contribution in [0.15, 0.2) is 16.7 Å². The molecule has 1 aromatic carbocycles. The highest BCUT2D eigenvalue weighted by molar-refractivity contribution is 9.10. The maximum Gasteiger partial charge on any atom is 0.433 e. The van der Waals surface area contributed by atoms with Gasteiger partial charge in [0.25, 0.3) is 0 Å². The van der Waals surface area contributed by atoms with Crippen molar-refractivity contribution in [2.24, 2.45) is 0 Å². The Balaban J connectivity index is 2.61. The van der Waals surface area contributed by atoms with Crippen molar-refractivity contribution in [3.8, 4) is 11.4 Å².